The highest BCUT2D eigenvalue weighted by Gasteiger charge is 2.09. The Bertz CT molecular complexity index is 306. The summed E-state index contributed by atoms with van der Waals surface area (Å²) in [7, 11) is 1.81. The second-order valence-electron chi connectivity index (χ2n) is 2.60. The van der Waals surface area contributed by atoms with E-state index in [0.29, 0.717) is 5.82 Å². The van der Waals surface area contributed by atoms with E-state index in [1.54, 1.807) is 23.3 Å². The molecule has 0 aliphatic heterocycles. The molecular weight excluding hydrogens is 172 g/mol. The normalized spacial score (nSPS) is 14.2. The summed E-state index contributed by atoms with van der Waals surface area (Å²) < 4.78 is 1.73. The Kier molecular flexibility index (Phi) is 2.80. The molecule has 0 radical (unpaired) electrons. The summed E-state index contributed by atoms with van der Waals surface area (Å²) in [5, 5.41) is 15.9. The van der Waals surface area contributed by atoms with E-state index in [-0.39, 0.29) is 12.0 Å². The van der Waals surface area contributed by atoms with E-state index in [9.17, 15) is 0 Å². The molecule has 13 heavy (non-hydrogen) atoms. The van der Waals surface area contributed by atoms with Gasteiger partial charge < -0.3 is 10.3 Å². The Labute approximate surface area is 75.3 Å². The van der Waals surface area contributed by atoms with Crippen molar-refractivity contribution >= 4 is 5.96 Å². The van der Waals surface area contributed by atoms with Gasteiger partial charge in [-0.15, -0.1) is 10.2 Å². The zero-order valence-corrected chi connectivity index (χ0v) is 7.47. The second kappa shape index (κ2) is 3.85. The molecule has 1 atom stereocenters. The average Bonchev–Trinajstić information content (AvgIpc) is 2.51. The summed E-state index contributed by atoms with van der Waals surface area (Å²) in [6.07, 6.45) is 1.57. The fourth-order valence-electron chi connectivity index (χ4n) is 0.966. The lowest BCUT2D eigenvalue weighted by atomic mass is 10.3. The van der Waals surface area contributed by atoms with Crippen molar-refractivity contribution in [3.63, 3.8) is 0 Å². The minimum Gasteiger partial charge on any atom is -0.368 e. The van der Waals surface area contributed by atoms with Crippen molar-refractivity contribution < 1.29 is 5.21 Å². The van der Waals surface area contributed by atoms with Crippen LogP contribution in [0.3, 0.4) is 0 Å². The van der Waals surface area contributed by atoms with Crippen LogP contribution in [0, 0.1) is 0 Å². The van der Waals surface area contributed by atoms with Crippen LogP contribution in [0.1, 0.15) is 18.8 Å². The summed E-state index contributed by atoms with van der Waals surface area (Å²) in [4.78, 5) is 3.91. The van der Waals surface area contributed by atoms with Crippen LogP contribution in [0.2, 0.25) is 0 Å². The molecule has 0 fully saturated rings. The van der Waals surface area contributed by atoms with Crippen LogP contribution in [-0.2, 0) is 7.05 Å². The lowest BCUT2D eigenvalue weighted by Gasteiger charge is -2.05. The number of aromatic nitrogens is 3. The third-order valence-electron chi connectivity index (χ3n) is 1.57. The predicted molar refractivity (Wildman–Crippen MR) is 46.0 cm³/mol. The molecule has 1 aromatic heterocycles. The first-order valence-electron chi connectivity index (χ1n) is 3.72. The third kappa shape index (κ3) is 2.15. The van der Waals surface area contributed by atoms with Crippen LogP contribution < -0.4 is 11.2 Å². The summed E-state index contributed by atoms with van der Waals surface area (Å²) in [6.45, 7) is 1.80. The van der Waals surface area contributed by atoms with Crippen LogP contribution in [0.25, 0.3) is 0 Å². The summed E-state index contributed by atoms with van der Waals surface area (Å²) in [6, 6.07) is -0.243. The van der Waals surface area contributed by atoms with Gasteiger partial charge in [-0.05, 0) is 6.92 Å². The predicted octanol–water partition coefficient (Wildman–Crippen LogP) is -0.830. The fraction of sp³-hybridized carbons (Fsp3) is 0.500. The number of nitrogens with two attached hydrogens (primary N) is 1. The van der Waals surface area contributed by atoms with Crippen molar-refractivity contribution in [2.75, 3.05) is 0 Å². The molecule has 1 unspecified atom stereocenters. The molecule has 0 aliphatic carbocycles. The number of rotatable bonds is 2. The van der Waals surface area contributed by atoms with Gasteiger partial charge in [-0.1, -0.05) is 0 Å². The van der Waals surface area contributed by atoms with Crippen LogP contribution >= 0.6 is 0 Å². The lowest BCUT2D eigenvalue weighted by molar-refractivity contribution is 0.232. The molecule has 0 spiro atoms. The van der Waals surface area contributed by atoms with Gasteiger partial charge in [-0.25, -0.2) is 10.5 Å². The molecule has 72 valence electrons. The van der Waals surface area contributed by atoms with Crippen molar-refractivity contribution in [1.29, 1.82) is 0 Å². The van der Waals surface area contributed by atoms with Crippen molar-refractivity contribution in [3.8, 4) is 0 Å². The van der Waals surface area contributed by atoms with Gasteiger partial charge in [0.15, 0.2) is 5.82 Å². The Morgan fingerprint density at radius 3 is 3.00 bits per heavy atom. The highest BCUT2D eigenvalue weighted by Crippen LogP contribution is 2.11. The second-order valence-corrected chi connectivity index (χ2v) is 2.60. The maximum absolute atomic E-state index is 8.40. The van der Waals surface area contributed by atoms with Crippen molar-refractivity contribution in [1.82, 2.24) is 20.2 Å². The SMILES string of the molecule is CC(N=C(N)NO)c1nncn1C. The summed E-state index contributed by atoms with van der Waals surface area (Å²) >= 11 is 0. The molecule has 0 saturated heterocycles. The molecule has 0 aromatic carbocycles. The van der Waals surface area contributed by atoms with E-state index in [4.69, 9.17) is 10.9 Å². The highest BCUT2D eigenvalue weighted by molar-refractivity contribution is 5.76. The topological polar surface area (TPSA) is 101 Å². The van der Waals surface area contributed by atoms with E-state index >= 15 is 0 Å². The molecule has 1 rings (SSSR count). The molecule has 0 aliphatic rings. The number of hydroxylamine groups is 1. The van der Waals surface area contributed by atoms with Gasteiger partial charge >= 0.3 is 0 Å². The van der Waals surface area contributed by atoms with Gasteiger partial charge in [0, 0.05) is 7.05 Å². The summed E-state index contributed by atoms with van der Waals surface area (Å²) in [5.41, 5.74) is 7.01. The van der Waals surface area contributed by atoms with Gasteiger partial charge in [-0.3, -0.25) is 5.21 Å². The monoisotopic (exact) mass is 184 g/mol. The molecule has 0 amide bonds. The maximum atomic E-state index is 8.40. The molecule has 7 nitrogen and oxygen atoms in total. The van der Waals surface area contributed by atoms with Gasteiger partial charge in [0.05, 0.1) is 0 Å². The van der Waals surface area contributed by atoms with Crippen LogP contribution in [0.4, 0.5) is 0 Å². The molecule has 0 bridgehead atoms. The molecular formula is C6H12N6O. The number of nitrogens with one attached hydrogen (secondary N) is 1. The largest absolute Gasteiger partial charge is 0.368 e. The fourth-order valence-corrected chi connectivity index (χ4v) is 0.966. The Hall–Kier alpha value is -1.63. The third-order valence-corrected chi connectivity index (χ3v) is 1.57. The van der Waals surface area contributed by atoms with Crippen LogP contribution in [0.5, 0.6) is 0 Å². The van der Waals surface area contributed by atoms with Gasteiger partial charge in [0.2, 0.25) is 5.96 Å². The smallest absolute Gasteiger partial charge is 0.213 e. The number of hydrogen-bond donors (Lipinski definition) is 3. The standard InChI is InChI=1S/C6H12N6O/c1-4(9-6(7)11-13)5-10-8-3-12(5)2/h3-4,13H,1-2H3,(H3,7,9,11). The quantitative estimate of drug-likeness (QED) is 0.316. The summed E-state index contributed by atoms with van der Waals surface area (Å²) in [5.74, 6) is 0.633. The van der Waals surface area contributed by atoms with Crippen molar-refractivity contribution in [3.05, 3.63) is 12.2 Å². The van der Waals surface area contributed by atoms with E-state index < -0.39 is 0 Å². The number of aryl methyl sites for hydroxylation is 1. The average molecular weight is 184 g/mol. The first-order chi connectivity index (χ1) is 6.15. The van der Waals surface area contributed by atoms with E-state index in [1.165, 1.54) is 0 Å². The van der Waals surface area contributed by atoms with Crippen molar-refractivity contribution in [2.45, 2.75) is 13.0 Å². The Morgan fingerprint density at radius 2 is 2.54 bits per heavy atom. The molecule has 4 N–H and O–H groups in total. The van der Waals surface area contributed by atoms with Gasteiger partial charge in [-0.2, -0.15) is 0 Å². The van der Waals surface area contributed by atoms with Crippen LogP contribution in [-0.4, -0.2) is 25.9 Å². The number of hydrogen-bond acceptors (Lipinski definition) is 4. The Balaban J connectivity index is 2.80. The van der Waals surface area contributed by atoms with E-state index in [0.717, 1.165) is 0 Å². The van der Waals surface area contributed by atoms with Crippen molar-refractivity contribution in [2.24, 2.45) is 17.8 Å². The minimum absolute atomic E-state index is 0.0458. The molecule has 1 heterocycles. The van der Waals surface area contributed by atoms with E-state index in [2.05, 4.69) is 15.2 Å². The van der Waals surface area contributed by atoms with Gasteiger partial charge in [0.1, 0.15) is 12.4 Å². The number of aliphatic imine (C=N–C) groups is 1. The van der Waals surface area contributed by atoms with Crippen LogP contribution in [0.15, 0.2) is 11.3 Å². The first-order valence-corrected chi connectivity index (χ1v) is 3.72. The van der Waals surface area contributed by atoms with E-state index in [1.807, 2.05) is 7.05 Å². The minimum atomic E-state index is -0.243. The zero-order chi connectivity index (χ0) is 9.84. The number of nitrogens with zero attached hydrogens (tertiary/aromatic N) is 4. The lowest BCUT2D eigenvalue weighted by Crippen LogP contribution is -2.29. The first kappa shape index (κ1) is 9.46. The number of guanidine groups is 1. The molecule has 1 aromatic rings. The highest BCUT2D eigenvalue weighted by atomic mass is 16.5. The van der Waals surface area contributed by atoms with Gasteiger partial charge in [0.25, 0.3) is 0 Å². The molecule has 7 heteroatoms. The maximum Gasteiger partial charge on any atom is 0.213 e. The zero-order valence-electron chi connectivity index (χ0n) is 7.47. The Morgan fingerprint density at radius 1 is 1.85 bits per heavy atom. The molecule has 0 saturated carbocycles.